The van der Waals surface area contributed by atoms with Crippen molar-refractivity contribution in [2.24, 2.45) is 0 Å². The molecule has 2 amide bonds. The molecule has 0 radical (unpaired) electrons. The number of aryl methyl sites for hydroxylation is 1. The Labute approximate surface area is 162 Å². The van der Waals surface area contributed by atoms with Crippen molar-refractivity contribution in [1.29, 1.82) is 0 Å². The van der Waals surface area contributed by atoms with E-state index >= 15 is 0 Å². The van der Waals surface area contributed by atoms with E-state index in [0.29, 0.717) is 29.5 Å². The van der Waals surface area contributed by atoms with Crippen LogP contribution in [0.4, 0.5) is 0 Å². The predicted octanol–water partition coefficient (Wildman–Crippen LogP) is 2.56. The highest BCUT2D eigenvalue weighted by molar-refractivity contribution is 5.97. The van der Waals surface area contributed by atoms with Gasteiger partial charge in [-0.1, -0.05) is 25.7 Å². The molecule has 0 spiro atoms. The molecule has 1 aliphatic rings. The molecule has 146 valence electrons. The van der Waals surface area contributed by atoms with Gasteiger partial charge in [0, 0.05) is 33.2 Å². The molecule has 0 unspecified atom stereocenters. The third-order valence-electron chi connectivity index (χ3n) is 4.65. The molecule has 1 aromatic heterocycles. The average Bonchev–Trinajstić information content (AvgIpc) is 2.86. The molecule has 1 saturated carbocycles. The second kappa shape index (κ2) is 11.1. The summed E-state index contributed by atoms with van der Waals surface area (Å²) in [5.41, 5.74) is 1.45. The van der Waals surface area contributed by atoms with Crippen LogP contribution in [0.2, 0.25) is 0 Å². The van der Waals surface area contributed by atoms with Gasteiger partial charge >= 0.3 is 0 Å². The van der Waals surface area contributed by atoms with Gasteiger partial charge in [-0.3, -0.25) is 9.59 Å². The molecule has 0 atom stereocenters. The molecule has 0 bridgehead atoms. The SMILES string of the molecule is Cc1nc(C(=O)N(C)C)ccc1C(=O)NCCNC1CCCCCC1.Cl. The lowest BCUT2D eigenvalue weighted by molar-refractivity contribution is 0.0820. The van der Waals surface area contributed by atoms with E-state index in [1.165, 1.54) is 43.4 Å². The number of carbonyl (C=O) groups excluding carboxylic acids is 2. The van der Waals surface area contributed by atoms with E-state index in [9.17, 15) is 9.59 Å². The maximum atomic E-state index is 12.3. The van der Waals surface area contributed by atoms with Gasteiger partial charge in [-0.2, -0.15) is 0 Å². The van der Waals surface area contributed by atoms with Crippen molar-refractivity contribution in [2.75, 3.05) is 27.2 Å². The molecule has 0 aromatic carbocycles. The average molecular weight is 383 g/mol. The first-order valence-electron chi connectivity index (χ1n) is 9.20. The number of hydrogen-bond acceptors (Lipinski definition) is 4. The maximum Gasteiger partial charge on any atom is 0.271 e. The second-order valence-corrected chi connectivity index (χ2v) is 6.93. The number of halogens is 1. The highest BCUT2D eigenvalue weighted by atomic mass is 35.5. The molecular formula is C19H31ClN4O2. The van der Waals surface area contributed by atoms with Crippen LogP contribution in [0.15, 0.2) is 12.1 Å². The number of hydrogen-bond donors (Lipinski definition) is 2. The first-order valence-corrected chi connectivity index (χ1v) is 9.20. The van der Waals surface area contributed by atoms with Gasteiger partial charge in [0.2, 0.25) is 0 Å². The summed E-state index contributed by atoms with van der Waals surface area (Å²) in [5.74, 6) is -0.306. The van der Waals surface area contributed by atoms with Crippen LogP contribution in [-0.2, 0) is 0 Å². The fourth-order valence-corrected chi connectivity index (χ4v) is 3.18. The van der Waals surface area contributed by atoms with Gasteiger partial charge in [-0.25, -0.2) is 4.98 Å². The van der Waals surface area contributed by atoms with Gasteiger partial charge in [0.15, 0.2) is 0 Å². The van der Waals surface area contributed by atoms with Crippen molar-refractivity contribution in [2.45, 2.75) is 51.5 Å². The lowest BCUT2D eigenvalue weighted by Crippen LogP contribution is -2.37. The summed E-state index contributed by atoms with van der Waals surface area (Å²) in [6.45, 7) is 3.12. The molecular weight excluding hydrogens is 352 g/mol. The van der Waals surface area contributed by atoms with E-state index in [-0.39, 0.29) is 24.2 Å². The van der Waals surface area contributed by atoms with Crippen LogP contribution in [0.1, 0.15) is 65.1 Å². The predicted molar refractivity (Wildman–Crippen MR) is 106 cm³/mol. The van der Waals surface area contributed by atoms with E-state index in [4.69, 9.17) is 0 Å². The molecule has 1 heterocycles. The summed E-state index contributed by atoms with van der Waals surface area (Å²) in [4.78, 5) is 30.0. The van der Waals surface area contributed by atoms with Crippen molar-refractivity contribution < 1.29 is 9.59 Å². The molecule has 2 N–H and O–H groups in total. The van der Waals surface area contributed by atoms with Crippen molar-refractivity contribution in [3.8, 4) is 0 Å². The van der Waals surface area contributed by atoms with E-state index in [2.05, 4.69) is 15.6 Å². The number of carbonyl (C=O) groups is 2. The number of nitrogens with one attached hydrogen (secondary N) is 2. The van der Waals surface area contributed by atoms with Crippen molar-refractivity contribution in [1.82, 2.24) is 20.5 Å². The number of nitrogens with zero attached hydrogens (tertiary/aromatic N) is 2. The van der Waals surface area contributed by atoms with Gasteiger partial charge in [0.25, 0.3) is 11.8 Å². The number of pyridine rings is 1. The quantitative estimate of drug-likeness (QED) is 0.585. The standard InChI is InChI=1S/C19H30N4O2.ClH/c1-14-16(10-11-17(22-14)19(25)23(2)3)18(24)21-13-12-20-15-8-6-4-5-7-9-15;/h10-11,15,20H,4-9,12-13H2,1-3H3,(H,21,24);1H. The topological polar surface area (TPSA) is 74.3 Å². The highest BCUT2D eigenvalue weighted by Gasteiger charge is 2.15. The number of rotatable bonds is 6. The van der Waals surface area contributed by atoms with Crippen LogP contribution in [0.25, 0.3) is 0 Å². The van der Waals surface area contributed by atoms with E-state index in [1.54, 1.807) is 33.2 Å². The molecule has 1 fully saturated rings. The maximum absolute atomic E-state index is 12.3. The first-order chi connectivity index (χ1) is 12.0. The van der Waals surface area contributed by atoms with Crippen molar-refractivity contribution >= 4 is 24.2 Å². The Hall–Kier alpha value is -1.66. The zero-order chi connectivity index (χ0) is 18.2. The Bertz CT molecular complexity index is 599. The Kier molecular flexibility index (Phi) is 9.59. The fraction of sp³-hybridized carbons (Fsp3) is 0.632. The van der Waals surface area contributed by atoms with Gasteiger partial charge in [-0.15, -0.1) is 12.4 Å². The minimum atomic E-state index is -0.164. The first kappa shape index (κ1) is 22.4. The second-order valence-electron chi connectivity index (χ2n) is 6.93. The summed E-state index contributed by atoms with van der Waals surface area (Å²) >= 11 is 0. The van der Waals surface area contributed by atoms with Crippen LogP contribution in [0.5, 0.6) is 0 Å². The summed E-state index contributed by atoms with van der Waals surface area (Å²) in [5, 5.41) is 6.47. The number of amides is 2. The Balaban J connectivity index is 0.00000338. The summed E-state index contributed by atoms with van der Waals surface area (Å²) < 4.78 is 0. The zero-order valence-corrected chi connectivity index (χ0v) is 16.8. The molecule has 0 saturated heterocycles. The smallest absolute Gasteiger partial charge is 0.271 e. The molecule has 7 heteroatoms. The summed E-state index contributed by atoms with van der Waals surface area (Å²) in [6.07, 6.45) is 7.75. The lowest BCUT2D eigenvalue weighted by Gasteiger charge is -2.16. The van der Waals surface area contributed by atoms with Crippen LogP contribution < -0.4 is 10.6 Å². The molecule has 26 heavy (non-hydrogen) atoms. The minimum absolute atomic E-state index is 0. The summed E-state index contributed by atoms with van der Waals surface area (Å²) in [7, 11) is 3.36. The fourth-order valence-electron chi connectivity index (χ4n) is 3.18. The van der Waals surface area contributed by atoms with Gasteiger partial charge in [-0.05, 0) is 31.9 Å². The minimum Gasteiger partial charge on any atom is -0.351 e. The number of aromatic nitrogens is 1. The third-order valence-corrected chi connectivity index (χ3v) is 4.65. The van der Waals surface area contributed by atoms with Crippen LogP contribution in [0.3, 0.4) is 0 Å². The third kappa shape index (κ3) is 6.57. The Morgan fingerprint density at radius 3 is 2.35 bits per heavy atom. The van der Waals surface area contributed by atoms with Crippen molar-refractivity contribution in [3.05, 3.63) is 29.1 Å². The van der Waals surface area contributed by atoms with Crippen LogP contribution >= 0.6 is 12.4 Å². The molecule has 2 rings (SSSR count). The van der Waals surface area contributed by atoms with E-state index < -0.39 is 0 Å². The normalized spacial score (nSPS) is 14.9. The van der Waals surface area contributed by atoms with Crippen LogP contribution in [0, 0.1) is 6.92 Å². The Morgan fingerprint density at radius 2 is 1.77 bits per heavy atom. The highest BCUT2D eigenvalue weighted by Crippen LogP contribution is 2.16. The molecule has 0 aliphatic heterocycles. The van der Waals surface area contributed by atoms with Gasteiger partial charge < -0.3 is 15.5 Å². The lowest BCUT2D eigenvalue weighted by atomic mass is 10.1. The van der Waals surface area contributed by atoms with Gasteiger partial charge in [0.1, 0.15) is 5.69 Å². The molecule has 1 aromatic rings. The van der Waals surface area contributed by atoms with E-state index in [1.807, 2.05) is 0 Å². The van der Waals surface area contributed by atoms with Crippen molar-refractivity contribution in [3.63, 3.8) is 0 Å². The summed E-state index contributed by atoms with van der Waals surface area (Å²) in [6, 6.07) is 3.86. The zero-order valence-electron chi connectivity index (χ0n) is 16.0. The van der Waals surface area contributed by atoms with Crippen LogP contribution in [-0.4, -0.2) is 54.9 Å². The largest absolute Gasteiger partial charge is 0.351 e. The van der Waals surface area contributed by atoms with E-state index in [0.717, 1.165) is 6.54 Å². The van der Waals surface area contributed by atoms with Gasteiger partial charge in [0.05, 0.1) is 11.3 Å². The molecule has 1 aliphatic carbocycles. The monoisotopic (exact) mass is 382 g/mol. The Morgan fingerprint density at radius 1 is 1.12 bits per heavy atom. The molecule has 6 nitrogen and oxygen atoms in total.